The minimum atomic E-state index is -0.829. The number of hydrogen-bond acceptors (Lipinski definition) is 6. The van der Waals surface area contributed by atoms with E-state index in [4.69, 9.17) is 9.15 Å². The van der Waals surface area contributed by atoms with Gasteiger partial charge in [-0.1, -0.05) is 12.1 Å². The minimum Gasteiger partial charge on any atom is -0.497 e. The SMILES string of the molecule is COc1ccc(C2c3c(oc4ccc(F)cc4c3=O)C(=O)N2c2ncccn2)cc1. The molecule has 1 atom stereocenters. The number of methoxy groups -OCH3 is 1. The Balaban J connectivity index is 1.80. The molecule has 2 aromatic carbocycles. The van der Waals surface area contributed by atoms with Crippen molar-refractivity contribution in [3.63, 3.8) is 0 Å². The van der Waals surface area contributed by atoms with Crippen LogP contribution in [0, 0.1) is 5.82 Å². The van der Waals surface area contributed by atoms with Crippen LogP contribution in [-0.2, 0) is 0 Å². The van der Waals surface area contributed by atoms with Crippen LogP contribution in [0.1, 0.15) is 27.7 Å². The van der Waals surface area contributed by atoms with E-state index >= 15 is 0 Å². The summed E-state index contributed by atoms with van der Waals surface area (Å²) < 4.78 is 24.8. The van der Waals surface area contributed by atoms with Crippen molar-refractivity contribution in [1.82, 2.24) is 9.97 Å². The third-order valence-corrected chi connectivity index (χ3v) is 5.03. The van der Waals surface area contributed by atoms with Gasteiger partial charge in [-0.05, 0) is 42.0 Å². The number of carbonyl (C=O) groups is 1. The third-order valence-electron chi connectivity index (χ3n) is 5.03. The fraction of sp³-hybridized carbons (Fsp3) is 0.0909. The van der Waals surface area contributed by atoms with E-state index in [1.165, 1.54) is 29.4 Å². The molecule has 5 rings (SSSR count). The van der Waals surface area contributed by atoms with Crippen molar-refractivity contribution in [3.8, 4) is 5.75 Å². The highest BCUT2D eigenvalue weighted by Gasteiger charge is 2.44. The molecular weight excluding hydrogens is 389 g/mol. The van der Waals surface area contributed by atoms with Gasteiger partial charge < -0.3 is 9.15 Å². The van der Waals surface area contributed by atoms with Gasteiger partial charge in [0, 0.05) is 12.4 Å². The average Bonchev–Trinajstić information content (AvgIpc) is 3.07. The van der Waals surface area contributed by atoms with Crippen molar-refractivity contribution in [2.24, 2.45) is 0 Å². The minimum absolute atomic E-state index is 0.0656. The Kier molecular flexibility index (Phi) is 4.06. The van der Waals surface area contributed by atoms with Gasteiger partial charge in [-0.2, -0.15) is 0 Å². The Morgan fingerprint density at radius 2 is 1.80 bits per heavy atom. The maximum atomic E-state index is 13.8. The van der Waals surface area contributed by atoms with Crippen LogP contribution in [-0.4, -0.2) is 23.0 Å². The Morgan fingerprint density at radius 1 is 1.07 bits per heavy atom. The van der Waals surface area contributed by atoms with Crippen LogP contribution in [0.15, 0.2) is 70.1 Å². The van der Waals surface area contributed by atoms with Crippen LogP contribution < -0.4 is 15.1 Å². The van der Waals surface area contributed by atoms with Crippen molar-refractivity contribution >= 4 is 22.8 Å². The predicted octanol–water partition coefficient (Wildman–Crippen LogP) is 3.48. The number of fused-ring (bicyclic) bond motifs is 2. The molecule has 8 heteroatoms. The molecule has 1 aliphatic heterocycles. The first-order valence-electron chi connectivity index (χ1n) is 9.09. The quantitative estimate of drug-likeness (QED) is 0.521. The lowest BCUT2D eigenvalue weighted by molar-refractivity contribution is 0.0969. The van der Waals surface area contributed by atoms with E-state index in [0.717, 1.165) is 6.07 Å². The molecule has 0 radical (unpaired) electrons. The maximum Gasteiger partial charge on any atom is 0.297 e. The number of ether oxygens (including phenoxy) is 1. The van der Waals surface area contributed by atoms with Crippen molar-refractivity contribution < 1.29 is 18.3 Å². The summed E-state index contributed by atoms with van der Waals surface area (Å²) in [6.45, 7) is 0. The van der Waals surface area contributed by atoms with Gasteiger partial charge in [-0.25, -0.2) is 14.4 Å². The molecule has 1 aliphatic rings. The van der Waals surface area contributed by atoms with E-state index in [2.05, 4.69) is 9.97 Å². The molecule has 0 N–H and O–H groups in total. The van der Waals surface area contributed by atoms with Gasteiger partial charge in [-0.15, -0.1) is 0 Å². The summed E-state index contributed by atoms with van der Waals surface area (Å²) >= 11 is 0. The first-order valence-corrected chi connectivity index (χ1v) is 9.09. The number of halogens is 1. The standard InChI is InChI=1S/C22H14FN3O4/c1-29-14-6-3-12(4-7-14)18-17-19(27)15-11-13(23)5-8-16(15)30-20(17)21(28)26(18)22-24-9-2-10-25-22/h2-11,18H,1H3. The van der Waals surface area contributed by atoms with E-state index in [-0.39, 0.29) is 28.2 Å². The van der Waals surface area contributed by atoms with Crippen molar-refractivity contribution in [2.75, 3.05) is 12.0 Å². The zero-order valence-electron chi connectivity index (χ0n) is 15.7. The molecule has 4 aromatic rings. The van der Waals surface area contributed by atoms with Gasteiger partial charge in [0.1, 0.15) is 17.1 Å². The number of benzene rings is 2. The fourth-order valence-corrected chi connectivity index (χ4v) is 3.67. The van der Waals surface area contributed by atoms with E-state index in [1.54, 1.807) is 37.4 Å². The van der Waals surface area contributed by atoms with Crippen LogP contribution in [0.5, 0.6) is 5.75 Å². The lowest BCUT2D eigenvalue weighted by Gasteiger charge is -2.23. The summed E-state index contributed by atoms with van der Waals surface area (Å²) in [6, 6.07) is 11.4. The molecule has 3 heterocycles. The van der Waals surface area contributed by atoms with Crippen LogP contribution in [0.3, 0.4) is 0 Å². The second-order valence-corrected chi connectivity index (χ2v) is 6.71. The molecule has 0 saturated heterocycles. The van der Waals surface area contributed by atoms with Crippen LogP contribution >= 0.6 is 0 Å². The van der Waals surface area contributed by atoms with Gasteiger partial charge >= 0.3 is 0 Å². The van der Waals surface area contributed by atoms with Gasteiger partial charge in [-0.3, -0.25) is 14.5 Å². The second-order valence-electron chi connectivity index (χ2n) is 6.71. The van der Waals surface area contributed by atoms with Crippen LogP contribution in [0.2, 0.25) is 0 Å². The second kappa shape index (κ2) is 6.77. The summed E-state index contributed by atoms with van der Waals surface area (Å²) in [7, 11) is 1.54. The Morgan fingerprint density at radius 3 is 2.50 bits per heavy atom. The van der Waals surface area contributed by atoms with Crippen LogP contribution in [0.4, 0.5) is 10.3 Å². The number of hydrogen-bond donors (Lipinski definition) is 0. The highest BCUT2D eigenvalue weighted by molar-refractivity contribution is 6.09. The molecule has 1 amide bonds. The number of anilines is 1. The number of rotatable bonds is 3. The van der Waals surface area contributed by atoms with Gasteiger partial charge in [0.25, 0.3) is 5.91 Å². The van der Waals surface area contributed by atoms with Crippen molar-refractivity contribution in [3.05, 3.63) is 93.9 Å². The van der Waals surface area contributed by atoms with Crippen LogP contribution in [0.25, 0.3) is 11.0 Å². The molecule has 0 saturated carbocycles. The monoisotopic (exact) mass is 403 g/mol. The molecule has 148 valence electrons. The molecule has 7 nitrogen and oxygen atoms in total. The Hall–Kier alpha value is -4.07. The van der Waals surface area contributed by atoms with E-state index in [9.17, 15) is 14.0 Å². The highest BCUT2D eigenvalue weighted by atomic mass is 19.1. The number of amides is 1. The van der Waals surface area contributed by atoms with Crippen molar-refractivity contribution in [1.29, 1.82) is 0 Å². The molecule has 0 bridgehead atoms. The zero-order chi connectivity index (χ0) is 20.8. The third kappa shape index (κ3) is 2.65. The average molecular weight is 403 g/mol. The first kappa shape index (κ1) is 18.0. The Bertz CT molecular complexity index is 1340. The summed E-state index contributed by atoms with van der Waals surface area (Å²) in [5.74, 6) is -0.459. The molecule has 1 unspecified atom stereocenters. The van der Waals surface area contributed by atoms with E-state index in [0.29, 0.717) is 11.3 Å². The molecular formula is C22H14FN3O4. The normalized spacial score (nSPS) is 15.5. The lowest BCUT2D eigenvalue weighted by atomic mass is 9.98. The summed E-state index contributed by atoms with van der Waals surface area (Å²) in [6.07, 6.45) is 3.01. The number of carbonyl (C=O) groups excluding carboxylic acids is 1. The first-order chi connectivity index (χ1) is 14.6. The van der Waals surface area contributed by atoms with Gasteiger partial charge in [0.15, 0.2) is 5.43 Å². The molecule has 30 heavy (non-hydrogen) atoms. The smallest absolute Gasteiger partial charge is 0.297 e. The summed E-state index contributed by atoms with van der Waals surface area (Å²) in [5.41, 5.74) is 0.422. The number of nitrogens with zero attached hydrogens (tertiary/aromatic N) is 3. The molecule has 2 aromatic heterocycles. The zero-order valence-corrected chi connectivity index (χ0v) is 15.7. The fourth-order valence-electron chi connectivity index (χ4n) is 3.67. The van der Waals surface area contributed by atoms with E-state index < -0.39 is 23.2 Å². The highest BCUT2D eigenvalue weighted by Crippen LogP contribution is 2.40. The number of aromatic nitrogens is 2. The lowest BCUT2D eigenvalue weighted by Crippen LogP contribution is -2.31. The summed E-state index contributed by atoms with van der Waals surface area (Å²) in [5, 5.41) is 0.0656. The van der Waals surface area contributed by atoms with Gasteiger partial charge in [0.05, 0.1) is 24.1 Å². The predicted molar refractivity (Wildman–Crippen MR) is 106 cm³/mol. The molecule has 0 fully saturated rings. The molecule has 0 aliphatic carbocycles. The topological polar surface area (TPSA) is 85.5 Å². The molecule has 0 spiro atoms. The summed E-state index contributed by atoms with van der Waals surface area (Å²) in [4.78, 5) is 36.3. The van der Waals surface area contributed by atoms with Crippen molar-refractivity contribution in [2.45, 2.75) is 6.04 Å². The largest absolute Gasteiger partial charge is 0.497 e. The Labute approximate surface area is 169 Å². The van der Waals surface area contributed by atoms with Gasteiger partial charge in [0.2, 0.25) is 11.7 Å². The maximum absolute atomic E-state index is 13.8. The van der Waals surface area contributed by atoms with E-state index in [1.807, 2.05) is 0 Å².